The van der Waals surface area contributed by atoms with Crippen molar-refractivity contribution in [2.75, 3.05) is 21.3 Å². The molecule has 0 unspecified atom stereocenters. The molecule has 9 nitrogen and oxygen atoms in total. The van der Waals surface area contributed by atoms with Crippen LogP contribution in [0.4, 0.5) is 0 Å². The number of hydrogen-bond donors (Lipinski definition) is 1. The minimum absolute atomic E-state index is 0.333. The van der Waals surface area contributed by atoms with Crippen molar-refractivity contribution in [3.63, 3.8) is 0 Å². The average molecular weight is 422 g/mol. The molecule has 1 saturated carbocycles. The summed E-state index contributed by atoms with van der Waals surface area (Å²) in [6.45, 7) is 0. The van der Waals surface area contributed by atoms with E-state index in [0.29, 0.717) is 35.7 Å². The number of nitrogens with zero attached hydrogens (tertiary/aromatic N) is 3. The first kappa shape index (κ1) is 20.8. The molecule has 1 aromatic rings. The standard InChI is InChI=1S/C22H22N4O5/c1-27-14-8-13(9-15(28-2)17(14)29-3)18-21(12-25)19(26)31-22(30-18)7-5-4-6-16(22)20(21,10-23)11-24/h8-9,16,18,26H,4-7H2,1-3H3/t16-,18+,21+,22+/m0/s1. The highest BCUT2D eigenvalue weighted by atomic mass is 16.7. The number of rotatable bonds is 4. The molecule has 0 aromatic heterocycles. The van der Waals surface area contributed by atoms with Gasteiger partial charge >= 0.3 is 0 Å². The lowest BCUT2D eigenvalue weighted by Crippen LogP contribution is -2.73. The second-order valence-corrected chi connectivity index (χ2v) is 7.95. The van der Waals surface area contributed by atoms with Crippen molar-refractivity contribution in [1.82, 2.24) is 0 Å². The summed E-state index contributed by atoms with van der Waals surface area (Å²) >= 11 is 0. The van der Waals surface area contributed by atoms with E-state index in [-0.39, 0.29) is 0 Å². The van der Waals surface area contributed by atoms with E-state index < -0.39 is 34.5 Å². The fourth-order valence-corrected chi connectivity index (χ4v) is 5.39. The van der Waals surface area contributed by atoms with E-state index in [2.05, 4.69) is 18.2 Å². The molecule has 31 heavy (non-hydrogen) atoms. The molecule has 1 aliphatic carbocycles. The number of fused-ring (bicyclic) bond motifs is 2. The molecule has 160 valence electrons. The highest BCUT2D eigenvalue weighted by Gasteiger charge is 2.80. The zero-order valence-corrected chi connectivity index (χ0v) is 17.5. The van der Waals surface area contributed by atoms with Gasteiger partial charge in [0.25, 0.3) is 0 Å². The van der Waals surface area contributed by atoms with Crippen LogP contribution in [0.3, 0.4) is 0 Å². The summed E-state index contributed by atoms with van der Waals surface area (Å²) < 4.78 is 28.6. The monoisotopic (exact) mass is 422 g/mol. The van der Waals surface area contributed by atoms with Crippen LogP contribution >= 0.6 is 0 Å². The normalized spacial score (nSPS) is 32.5. The van der Waals surface area contributed by atoms with Crippen LogP contribution in [0.25, 0.3) is 0 Å². The van der Waals surface area contributed by atoms with Crippen molar-refractivity contribution in [1.29, 1.82) is 21.2 Å². The fraction of sp³-hybridized carbons (Fsp3) is 0.545. The zero-order chi connectivity index (χ0) is 22.4. The summed E-state index contributed by atoms with van der Waals surface area (Å²) in [5, 5.41) is 39.5. The van der Waals surface area contributed by atoms with E-state index in [0.717, 1.165) is 12.8 Å². The topological polar surface area (TPSA) is 141 Å². The van der Waals surface area contributed by atoms with Crippen LogP contribution in [-0.2, 0) is 9.47 Å². The van der Waals surface area contributed by atoms with E-state index in [9.17, 15) is 15.8 Å². The van der Waals surface area contributed by atoms with Crippen LogP contribution in [-0.4, -0.2) is 33.0 Å². The number of ether oxygens (including phenoxy) is 5. The van der Waals surface area contributed by atoms with E-state index in [1.165, 1.54) is 21.3 Å². The number of benzene rings is 1. The summed E-state index contributed by atoms with van der Waals surface area (Å²) in [6.07, 6.45) is 1.36. The molecular formula is C22H22N4O5. The van der Waals surface area contributed by atoms with Crippen molar-refractivity contribution in [2.24, 2.45) is 16.7 Å². The third-order valence-electron chi connectivity index (χ3n) is 6.81. The first-order chi connectivity index (χ1) is 14.9. The Hall–Kier alpha value is -3.48. The smallest absolute Gasteiger partial charge is 0.218 e. The second-order valence-electron chi connectivity index (χ2n) is 7.95. The SMILES string of the molecule is COc1cc([C@H]2O[C@@]34CCCC[C@H]3C(C#N)(C#N)[C@@]2(C#N)C(=N)O4)cc(OC)c1OC. The quantitative estimate of drug-likeness (QED) is 0.779. The third kappa shape index (κ3) is 2.34. The lowest BCUT2D eigenvalue weighted by molar-refractivity contribution is -0.360. The van der Waals surface area contributed by atoms with Crippen molar-refractivity contribution in [2.45, 2.75) is 37.6 Å². The summed E-state index contributed by atoms with van der Waals surface area (Å²) in [6, 6.07) is 9.58. The molecule has 1 N–H and O–H groups in total. The Morgan fingerprint density at radius 1 is 1.00 bits per heavy atom. The van der Waals surface area contributed by atoms with E-state index in [1.807, 2.05) is 0 Å². The van der Waals surface area contributed by atoms with Crippen molar-refractivity contribution < 1.29 is 23.7 Å². The molecule has 4 fully saturated rings. The summed E-state index contributed by atoms with van der Waals surface area (Å²) in [5.74, 6) is -1.35. The van der Waals surface area contributed by atoms with Gasteiger partial charge in [-0.05, 0) is 30.5 Å². The molecule has 3 saturated heterocycles. The Kier molecular flexibility index (Phi) is 4.72. The fourth-order valence-electron chi connectivity index (χ4n) is 5.39. The Morgan fingerprint density at radius 2 is 1.65 bits per heavy atom. The van der Waals surface area contributed by atoms with Crippen LogP contribution in [0.5, 0.6) is 17.2 Å². The maximum absolute atomic E-state index is 10.4. The molecule has 1 spiro atoms. The minimum Gasteiger partial charge on any atom is -0.493 e. The summed E-state index contributed by atoms with van der Waals surface area (Å²) in [4.78, 5) is 0. The van der Waals surface area contributed by atoms with E-state index in [1.54, 1.807) is 12.1 Å². The number of methoxy groups -OCH3 is 3. The van der Waals surface area contributed by atoms with Crippen molar-refractivity contribution in [3.05, 3.63) is 17.7 Å². The molecule has 5 rings (SSSR count). The van der Waals surface area contributed by atoms with Crippen molar-refractivity contribution >= 4 is 5.90 Å². The summed E-state index contributed by atoms with van der Waals surface area (Å²) in [7, 11) is 4.40. The number of hydrogen-bond acceptors (Lipinski definition) is 9. The molecule has 3 heterocycles. The van der Waals surface area contributed by atoms with Crippen LogP contribution in [0, 0.1) is 56.2 Å². The van der Waals surface area contributed by atoms with Gasteiger partial charge in [0.05, 0.1) is 45.5 Å². The zero-order valence-electron chi connectivity index (χ0n) is 17.5. The Morgan fingerprint density at radius 3 is 2.16 bits per heavy atom. The molecule has 9 heteroatoms. The van der Waals surface area contributed by atoms with Gasteiger partial charge in [-0.2, -0.15) is 15.8 Å². The van der Waals surface area contributed by atoms with Gasteiger partial charge in [0, 0.05) is 6.42 Å². The predicted molar refractivity (Wildman–Crippen MR) is 105 cm³/mol. The van der Waals surface area contributed by atoms with Gasteiger partial charge in [-0.15, -0.1) is 0 Å². The van der Waals surface area contributed by atoms with E-state index in [4.69, 9.17) is 29.1 Å². The van der Waals surface area contributed by atoms with Gasteiger partial charge in [-0.1, -0.05) is 6.42 Å². The third-order valence-corrected chi connectivity index (χ3v) is 6.81. The molecule has 2 bridgehead atoms. The average Bonchev–Trinajstić information content (AvgIpc) is 2.81. The Labute approximate surface area is 180 Å². The van der Waals surface area contributed by atoms with E-state index >= 15 is 0 Å². The molecular weight excluding hydrogens is 400 g/mol. The van der Waals surface area contributed by atoms with Gasteiger partial charge in [-0.25, -0.2) is 0 Å². The molecule has 4 atom stereocenters. The van der Waals surface area contributed by atoms with Gasteiger partial charge in [-0.3, -0.25) is 5.41 Å². The van der Waals surface area contributed by atoms with Crippen LogP contribution in [0.15, 0.2) is 12.1 Å². The lowest BCUT2D eigenvalue weighted by atomic mass is 9.48. The van der Waals surface area contributed by atoms with Gasteiger partial charge < -0.3 is 23.7 Å². The molecule has 1 aromatic carbocycles. The van der Waals surface area contributed by atoms with Gasteiger partial charge in [0.1, 0.15) is 6.10 Å². The van der Waals surface area contributed by atoms with Crippen LogP contribution in [0.1, 0.15) is 37.4 Å². The number of nitrogens with one attached hydrogen (secondary N) is 1. The van der Waals surface area contributed by atoms with Crippen LogP contribution in [0.2, 0.25) is 0 Å². The maximum Gasteiger partial charge on any atom is 0.218 e. The Bertz CT molecular complexity index is 1030. The largest absolute Gasteiger partial charge is 0.493 e. The van der Waals surface area contributed by atoms with Gasteiger partial charge in [0.2, 0.25) is 17.4 Å². The van der Waals surface area contributed by atoms with Crippen molar-refractivity contribution in [3.8, 4) is 35.5 Å². The molecule has 0 radical (unpaired) electrons. The highest BCUT2D eigenvalue weighted by molar-refractivity contribution is 5.89. The lowest BCUT2D eigenvalue weighted by Gasteiger charge is -2.63. The second kappa shape index (κ2) is 7.04. The highest BCUT2D eigenvalue weighted by Crippen LogP contribution is 2.69. The molecule has 0 amide bonds. The summed E-state index contributed by atoms with van der Waals surface area (Å²) in [5.41, 5.74) is -3.33. The number of nitriles is 3. The molecule has 4 aliphatic rings. The molecule has 3 aliphatic heterocycles. The first-order valence-corrected chi connectivity index (χ1v) is 9.93. The minimum atomic E-state index is -1.95. The Balaban J connectivity index is 2.01. The maximum atomic E-state index is 10.4. The van der Waals surface area contributed by atoms with Crippen LogP contribution < -0.4 is 14.2 Å². The first-order valence-electron chi connectivity index (χ1n) is 9.93. The van der Waals surface area contributed by atoms with Gasteiger partial charge in [0.15, 0.2) is 22.3 Å². The predicted octanol–water partition coefficient (Wildman–Crippen LogP) is 3.22.